The van der Waals surface area contributed by atoms with Crippen LogP contribution in [0.4, 0.5) is 46.3 Å². The molecule has 0 fully saturated rings. The molecule has 12 rings (SSSR count). The van der Waals surface area contributed by atoms with Crippen molar-refractivity contribution >= 4 is 178 Å². The fourth-order valence-corrected chi connectivity index (χ4v) is 19.9. The van der Waals surface area contributed by atoms with E-state index in [0.29, 0.717) is 91.7 Å². The highest BCUT2D eigenvalue weighted by Gasteiger charge is 2.33. The molecule has 8 N–H and O–H groups in total. The number of ketones is 4. The van der Waals surface area contributed by atoms with E-state index in [1.54, 1.807) is 67.5 Å². The largest absolute Gasteiger partial charge is 0.337 e. The smallest absolute Gasteiger partial charge is 0.267 e. The molecule has 0 aliphatic heterocycles. The minimum absolute atomic E-state index is 0.0122. The van der Waals surface area contributed by atoms with Crippen LogP contribution in [0.5, 0.6) is 0 Å². The first-order valence-electron chi connectivity index (χ1n) is 48.4. The first-order chi connectivity index (χ1) is 68.1. The van der Waals surface area contributed by atoms with E-state index >= 15 is 0 Å². The summed E-state index contributed by atoms with van der Waals surface area (Å²) in [6.45, 7) is -14.7. The highest BCUT2D eigenvalue weighted by atomic mass is 32.2. The Bertz CT molecular complexity index is 7820. The number of benzene rings is 4. The molecule has 0 aliphatic carbocycles. The third kappa shape index (κ3) is 21.0. The van der Waals surface area contributed by atoms with Crippen molar-refractivity contribution in [2.45, 2.75) is 157 Å². The number of carbonyl (C=O) groups is 8. The lowest BCUT2D eigenvalue weighted by Gasteiger charge is -2.14. The highest BCUT2D eigenvalue weighted by Crippen LogP contribution is 2.36. The lowest BCUT2D eigenvalue weighted by molar-refractivity contribution is 0.100. The number of anilines is 8. The number of sulfonamides is 4. The molecular formula is C80H84N12O20S8. The number of carbonyl (C=O) groups excluding carboxylic acids is 8. The van der Waals surface area contributed by atoms with Crippen molar-refractivity contribution in [2.24, 2.45) is 0 Å². The summed E-state index contributed by atoms with van der Waals surface area (Å²) in [5, 5.41) is 28.7. The van der Waals surface area contributed by atoms with Crippen LogP contribution in [0.15, 0.2) is 132 Å². The van der Waals surface area contributed by atoms with Crippen molar-refractivity contribution in [2.75, 3.05) is 40.2 Å². The Hall–Kier alpha value is -11.9. The van der Waals surface area contributed by atoms with Crippen LogP contribution in [0.1, 0.15) is 238 Å². The molecule has 120 heavy (non-hydrogen) atoms. The second kappa shape index (κ2) is 37.2. The zero-order valence-electron chi connectivity index (χ0n) is 93.5. The van der Waals surface area contributed by atoms with Crippen LogP contribution < -0.4 is 40.2 Å². The molecular weight excluding hydrogens is 1710 g/mol. The number of aryl methyl sites for hydroxylation is 12. The molecule has 12 aromatic rings. The first kappa shape index (κ1) is 58.1. The molecule has 4 amide bonds. The number of amides is 4. The number of hydrogen-bond acceptors (Lipinski definition) is 28. The molecule has 8 heterocycles. The lowest BCUT2D eigenvalue weighted by Crippen LogP contribution is -2.20. The lowest BCUT2D eigenvalue weighted by atomic mass is 10.0. The normalized spacial score (nSPS) is 16.1. The van der Waals surface area contributed by atoms with Crippen LogP contribution in [0.2, 0.25) is 0 Å². The van der Waals surface area contributed by atoms with E-state index < -0.39 is 247 Å². The van der Waals surface area contributed by atoms with Crippen molar-refractivity contribution in [3.05, 3.63) is 226 Å². The Kier molecular flexibility index (Phi) is 18.0. The summed E-state index contributed by atoms with van der Waals surface area (Å²) in [5.41, 5.74) is -4.13. The Morgan fingerprint density at radius 3 is 0.767 bits per heavy atom. The van der Waals surface area contributed by atoms with Gasteiger partial charge in [0.15, 0.2) is 23.1 Å². The molecule has 0 spiro atoms. The van der Waals surface area contributed by atoms with Crippen molar-refractivity contribution in [1.29, 1.82) is 0 Å². The van der Waals surface area contributed by atoms with E-state index in [2.05, 4.69) is 51.3 Å². The summed E-state index contributed by atoms with van der Waals surface area (Å²) >= 11 is 2.87. The number of rotatable bonds is 24. The van der Waals surface area contributed by atoms with Crippen LogP contribution in [-0.4, -0.2) is 101 Å². The van der Waals surface area contributed by atoms with Gasteiger partial charge in [0.1, 0.15) is 39.1 Å². The number of Topliss-reactive ketones (excluding diaryl/α,β-unsaturated/α-hetero) is 4. The predicted octanol–water partition coefficient (Wildman–Crippen LogP) is 16.9. The van der Waals surface area contributed by atoms with E-state index in [1.165, 1.54) is 48.2 Å². The standard InChI is InChI=1S/4C20H21N3O5S2/c4*1-10-8-11(2)17(15(9-10)14(5)24)21-19(25)18-16(6-7-29-18)30(26,27)23-20-12(3)13(4)22-28-20/h4*6-9,23H,1-5H3,(H,21,25)/i1D3,2D3,3D3,5D3;1D3,2D3,5D3;3D3,5D3;5D3. The van der Waals surface area contributed by atoms with Gasteiger partial charge in [0.05, 0.1) is 45.5 Å². The monoisotopic (exact) mass is 1820 g/mol. The van der Waals surface area contributed by atoms with Gasteiger partial charge in [-0.15, -0.1) is 45.3 Å². The summed E-state index contributed by atoms with van der Waals surface area (Å²) < 4.78 is 360. The average molecular weight is 1820 g/mol. The second-order valence-corrected chi connectivity index (χ2v) is 35.6. The van der Waals surface area contributed by atoms with E-state index in [1.807, 2.05) is 9.44 Å². The average Bonchev–Trinajstić information content (AvgIpc) is 0.762. The number of nitrogens with zero attached hydrogens (tertiary/aromatic N) is 4. The zero-order valence-corrected chi connectivity index (χ0v) is 70.0. The van der Waals surface area contributed by atoms with Gasteiger partial charge >= 0.3 is 0 Å². The number of thiophene rings is 4. The van der Waals surface area contributed by atoms with Crippen molar-refractivity contribution in [3.8, 4) is 0 Å². The van der Waals surface area contributed by atoms with E-state index in [9.17, 15) is 72.0 Å². The summed E-state index contributed by atoms with van der Waals surface area (Å²) in [6.07, 6.45) is 0. The third-order valence-electron chi connectivity index (χ3n) is 16.6. The maximum Gasteiger partial charge on any atom is 0.267 e. The van der Waals surface area contributed by atoms with Gasteiger partial charge in [0.25, 0.3) is 63.7 Å². The molecule has 0 saturated carbocycles. The number of nitrogens with one attached hydrogen (secondary N) is 8. The maximum atomic E-state index is 13.3. The third-order valence-corrected chi connectivity index (χ3v) is 26.3. The molecule has 32 nitrogen and oxygen atoms in total. The first-order valence-corrected chi connectivity index (χ1v) is 42.9. The fraction of sp³-hybridized carbons (Fsp3) is 0.250. The van der Waals surface area contributed by atoms with Gasteiger partial charge in [-0.1, -0.05) is 44.9 Å². The Balaban J connectivity index is 0.000000223. The SMILES string of the molecule is [2H]C([2H])([2H])C(=O)c1cc(C([2H])([2H])[2H])cc(C([2H])([2H])[2H])c1NC(=O)c1sccc1S(=O)(=O)Nc1onc(C)c1C.[2H]C([2H])([2H])C(=O)c1cc(C([2H])([2H])[2H])cc(C([2H])([2H])[2H])c1NC(=O)c1sccc1S(=O)(=O)Nc1onc(C)c1C([2H])([2H])[2H].[2H]C([2H])([2H])C(=O)c1cc(C)cc(C)c1NC(=O)c1sccc1S(=O)(=O)Nc1onc(C)c1C.[2H]C([2H])([2H])C(=O)c1cc(C)cc(C)c1NC(=O)c1sccc1S(=O)(=O)Nc1onc(C)c1C([2H])([2H])[2H]. The van der Waals surface area contributed by atoms with Crippen molar-refractivity contribution < 1.29 is 131 Å². The molecule has 0 aliphatic rings. The quantitative estimate of drug-likeness (QED) is 0.0260. The molecule has 0 radical (unpaired) electrons. The molecule has 40 heteroatoms. The zero-order chi connectivity index (χ0) is 114. The van der Waals surface area contributed by atoms with E-state index in [4.69, 9.17) is 59.2 Å². The summed E-state index contributed by atoms with van der Waals surface area (Å²) in [7, 11) is -17.9. The van der Waals surface area contributed by atoms with Crippen LogP contribution in [0, 0.1) is 110 Å². The fourth-order valence-electron chi connectivity index (χ4n) is 10.5. The van der Waals surface area contributed by atoms with Crippen LogP contribution in [-0.2, 0) is 40.1 Å². The molecule has 632 valence electrons. The Morgan fingerprint density at radius 2 is 0.542 bits per heavy atom. The Labute approximate surface area is 750 Å². The summed E-state index contributed by atoms with van der Waals surface area (Å²) in [6, 6.07) is 13.2. The van der Waals surface area contributed by atoms with Crippen molar-refractivity contribution in [3.63, 3.8) is 0 Å². The second-order valence-electron chi connectivity index (χ2n) is 25.3. The van der Waals surface area contributed by atoms with Gasteiger partial charge < -0.3 is 39.4 Å². The highest BCUT2D eigenvalue weighted by molar-refractivity contribution is 7.94. The number of hydrogen-bond donors (Lipinski definition) is 8. The molecule has 0 saturated heterocycles. The van der Waals surface area contributed by atoms with E-state index in [0.717, 1.165) is 46.3 Å². The van der Waals surface area contributed by atoms with Gasteiger partial charge in [0, 0.05) is 85.6 Å². The van der Waals surface area contributed by atoms with Crippen LogP contribution >= 0.6 is 45.3 Å². The summed E-state index contributed by atoms with van der Waals surface area (Å²) in [5.74, 6) is -11.4. The predicted molar refractivity (Wildman–Crippen MR) is 460 cm³/mol. The minimum Gasteiger partial charge on any atom is -0.337 e. The van der Waals surface area contributed by atoms with Gasteiger partial charge in [-0.25, -0.2) is 52.6 Å². The van der Waals surface area contributed by atoms with Crippen molar-refractivity contribution in [1.82, 2.24) is 20.6 Å². The van der Waals surface area contributed by atoms with Crippen LogP contribution in [0.3, 0.4) is 0 Å². The van der Waals surface area contributed by atoms with Gasteiger partial charge in [0.2, 0.25) is 23.5 Å². The van der Waals surface area contributed by atoms with E-state index in [-0.39, 0.29) is 60.3 Å². The molecule has 0 atom stereocenters. The van der Waals surface area contributed by atoms with Gasteiger partial charge in [-0.3, -0.25) is 38.4 Å². The van der Waals surface area contributed by atoms with Gasteiger partial charge in [-0.05, 0) is 252 Å². The Morgan fingerprint density at radius 1 is 0.308 bits per heavy atom. The topological polar surface area (TPSA) is 473 Å². The molecule has 0 bridgehead atoms. The molecule has 4 aromatic carbocycles. The molecule has 8 aromatic heterocycles. The van der Waals surface area contributed by atoms with Crippen LogP contribution in [0.25, 0.3) is 0 Å². The summed E-state index contributed by atoms with van der Waals surface area (Å²) in [4.78, 5) is 99.9. The maximum absolute atomic E-state index is 13.3. The molecule has 0 unspecified atom stereocenters. The minimum atomic E-state index is -4.75. The number of aromatic nitrogens is 4. The van der Waals surface area contributed by atoms with Gasteiger partial charge in [-0.2, -0.15) is 0 Å².